The Balaban J connectivity index is 1.80. The molecule has 142 valence electrons. The number of rotatable bonds is 3. The fourth-order valence-electron chi connectivity index (χ4n) is 3.58. The van der Waals surface area contributed by atoms with Crippen LogP contribution in [0.2, 0.25) is 5.02 Å². The molecule has 0 N–H and O–H groups in total. The minimum Gasteiger partial charge on any atom is -0.268 e. The zero-order valence-electron chi connectivity index (χ0n) is 15.6. The van der Waals surface area contributed by atoms with Gasteiger partial charge in [-0.3, -0.25) is 9.36 Å². The Bertz CT molecular complexity index is 1420. The minimum atomic E-state index is -0.187. The molecule has 0 fully saturated rings. The molecule has 0 amide bonds. The summed E-state index contributed by atoms with van der Waals surface area (Å²) in [6, 6.07) is 15.0. The number of halogens is 1. The molecule has 1 aromatic carbocycles. The van der Waals surface area contributed by atoms with Crippen LogP contribution in [0.5, 0.6) is 0 Å². The fourth-order valence-corrected chi connectivity index (χ4v) is 3.77. The Morgan fingerprint density at radius 1 is 1.07 bits per heavy atom. The van der Waals surface area contributed by atoms with Gasteiger partial charge in [0.1, 0.15) is 5.82 Å². The van der Waals surface area contributed by atoms with Crippen molar-refractivity contribution >= 4 is 28.2 Å². The highest BCUT2D eigenvalue weighted by molar-refractivity contribution is 6.30. The van der Waals surface area contributed by atoms with E-state index in [0.717, 1.165) is 23.2 Å². The van der Waals surface area contributed by atoms with Crippen molar-refractivity contribution in [3.63, 3.8) is 0 Å². The standard InChI is InChI=1S/C22H16ClN5O/c1-2-17-20(14-6-5-7-15(23)12-14)21-25-13-16-18(28(21)26-17)9-11-27(22(16)29)19-8-3-4-10-24-19/h3-13H,2H2,1H3. The molecular formula is C22H16ClN5O. The number of nitrogens with zero attached hydrogens (tertiary/aromatic N) is 5. The van der Waals surface area contributed by atoms with E-state index >= 15 is 0 Å². The minimum absolute atomic E-state index is 0.187. The van der Waals surface area contributed by atoms with Gasteiger partial charge in [-0.25, -0.2) is 14.5 Å². The number of fused-ring (bicyclic) bond motifs is 3. The van der Waals surface area contributed by atoms with Gasteiger partial charge >= 0.3 is 0 Å². The molecular weight excluding hydrogens is 386 g/mol. The Hall–Kier alpha value is -3.51. The summed E-state index contributed by atoms with van der Waals surface area (Å²) in [5, 5.41) is 5.89. The molecule has 0 saturated heterocycles. The quantitative estimate of drug-likeness (QED) is 0.452. The molecule has 0 aliphatic carbocycles. The molecule has 4 aromatic heterocycles. The van der Waals surface area contributed by atoms with Crippen LogP contribution >= 0.6 is 11.6 Å². The van der Waals surface area contributed by atoms with E-state index in [9.17, 15) is 4.79 Å². The molecule has 0 unspecified atom stereocenters. The van der Waals surface area contributed by atoms with Crippen molar-refractivity contribution in [1.29, 1.82) is 0 Å². The van der Waals surface area contributed by atoms with Crippen molar-refractivity contribution in [2.24, 2.45) is 0 Å². The van der Waals surface area contributed by atoms with Gasteiger partial charge in [0, 0.05) is 29.2 Å². The fraction of sp³-hybridized carbons (Fsp3) is 0.0909. The number of aromatic nitrogens is 5. The van der Waals surface area contributed by atoms with Crippen LogP contribution in [-0.4, -0.2) is 24.1 Å². The molecule has 0 bridgehead atoms. The molecule has 5 aromatic rings. The number of pyridine rings is 2. The van der Waals surface area contributed by atoms with E-state index in [2.05, 4.69) is 9.97 Å². The van der Waals surface area contributed by atoms with Crippen molar-refractivity contribution in [3.8, 4) is 16.9 Å². The summed E-state index contributed by atoms with van der Waals surface area (Å²) in [6.45, 7) is 2.05. The maximum absolute atomic E-state index is 13.1. The van der Waals surface area contributed by atoms with E-state index < -0.39 is 0 Å². The van der Waals surface area contributed by atoms with Gasteiger partial charge in [0.25, 0.3) is 5.56 Å². The summed E-state index contributed by atoms with van der Waals surface area (Å²) in [6.07, 6.45) is 5.73. The van der Waals surface area contributed by atoms with Crippen LogP contribution in [-0.2, 0) is 6.42 Å². The molecule has 0 spiro atoms. The van der Waals surface area contributed by atoms with Crippen molar-refractivity contribution < 1.29 is 0 Å². The first kappa shape index (κ1) is 17.6. The second-order valence-electron chi connectivity index (χ2n) is 6.66. The normalized spacial score (nSPS) is 11.4. The highest BCUT2D eigenvalue weighted by atomic mass is 35.5. The third kappa shape index (κ3) is 2.80. The van der Waals surface area contributed by atoms with E-state index in [0.29, 0.717) is 27.4 Å². The summed E-state index contributed by atoms with van der Waals surface area (Å²) in [4.78, 5) is 21.9. The average Bonchev–Trinajstić information content (AvgIpc) is 3.14. The van der Waals surface area contributed by atoms with Crippen molar-refractivity contribution in [2.75, 3.05) is 0 Å². The first-order chi connectivity index (χ1) is 14.2. The van der Waals surface area contributed by atoms with Gasteiger partial charge < -0.3 is 0 Å². The highest BCUT2D eigenvalue weighted by Gasteiger charge is 2.18. The summed E-state index contributed by atoms with van der Waals surface area (Å²) in [5.41, 5.74) is 4.01. The van der Waals surface area contributed by atoms with Gasteiger partial charge in [-0.2, -0.15) is 5.10 Å². The van der Waals surface area contributed by atoms with Gasteiger partial charge in [-0.15, -0.1) is 0 Å². The molecule has 6 nitrogen and oxygen atoms in total. The lowest BCUT2D eigenvalue weighted by Crippen LogP contribution is -2.19. The number of hydrogen-bond donors (Lipinski definition) is 0. The van der Waals surface area contributed by atoms with E-state index in [1.54, 1.807) is 29.2 Å². The van der Waals surface area contributed by atoms with Crippen molar-refractivity contribution in [2.45, 2.75) is 13.3 Å². The number of aryl methyl sites for hydroxylation is 1. The Morgan fingerprint density at radius 2 is 1.97 bits per heavy atom. The molecule has 0 aliphatic heterocycles. The lowest BCUT2D eigenvalue weighted by atomic mass is 10.0. The molecule has 4 heterocycles. The van der Waals surface area contributed by atoms with Crippen LogP contribution in [0, 0.1) is 0 Å². The number of benzene rings is 1. The molecule has 0 saturated carbocycles. The third-order valence-corrected chi connectivity index (χ3v) is 5.16. The Morgan fingerprint density at radius 3 is 2.72 bits per heavy atom. The zero-order chi connectivity index (χ0) is 20.0. The third-order valence-electron chi connectivity index (χ3n) is 4.93. The van der Waals surface area contributed by atoms with Gasteiger partial charge in [-0.05, 0) is 42.3 Å². The molecule has 0 aliphatic rings. The predicted molar refractivity (Wildman–Crippen MR) is 114 cm³/mol. The monoisotopic (exact) mass is 401 g/mol. The SMILES string of the molecule is CCc1nn2c(ncc3c(=O)n(-c4ccccn4)ccc32)c1-c1cccc(Cl)c1. The average molecular weight is 402 g/mol. The van der Waals surface area contributed by atoms with Crippen molar-refractivity contribution in [3.05, 3.63) is 88.2 Å². The largest absolute Gasteiger partial charge is 0.268 e. The smallest absolute Gasteiger partial charge is 0.267 e. The van der Waals surface area contributed by atoms with Crippen LogP contribution in [0.1, 0.15) is 12.6 Å². The van der Waals surface area contributed by atoms with Crippen LogP contribution in [0.15, 0.2) is 71.9 Å². The van der Waals surface area contributed by atoms with E-state index in [-0.39, 0.29) is 5.56 Å². The Kier molecular flexibility index (Phi) is 4.14. The van der Waals surface area contributed by atoms with Gasteiger partial charge in [0.2, 0.25) is 0 Å². The van der Waals surface area contributed by atoms with Crippen LogP contribution in [0.3, 0.4) is 0 Å². The van der Waals surface area contributed by atoms with Crippen LogP contribution < -0.4 is 5.56 Å². The molecule has 7 heteroatoms. The van der Waals surface area contributed by atoms with Crippen LogP contribution in [0.25, 0.3) is 33.5 Å². The van der Waals surface area contributed by atoms with Gasteiger partial charge in [0.05, 0.1) is 16.6 Å². The highest BCUT2D eigenvalue weighted by Crippen LogP contribution is 2.31. The van der Waals surface area contributed by atoms with Gasteiger partial charge in [0.15, 0.2) is 5.65 Å². The molecule has 5 rings (SSSR count). The molecule has 0 radical (unpaired) electrons. The van der Waals surface area contributed by atoms with E-state index in [4.69, 9.17) is 16.7 Å². The first-order valence-electron chi connectivity index (χ1n) is 9.26. The lowest BCUT2D eigenvalue weighted by Gasteiger charge is -2.07. The topological polar surface area (TPSA) is 65.1 Å². The maximum Gasteiger partial charge on any atom is 0.267 e. The second kappa shape index (κ2) is 6.83. The first-order valence-corrected chi connectivity index (χ1v) is 9.64. The summed E-state index contributed by atoms with van der Waals surface area (Å²) in [7, 11) is 0. The Labute approximate surface area is 171 Å². The molecule has 0 atom stereocenters. The predicted octanol–water partition coefficient (Wildman–Crippen LogP) is 4.31. The summed E-state index contributed by atoms with van der Waals surface area (Å²) in [5.74, 6) is 0.564. The summed E-state index contributed by atoms with van der Waals surface area (Å²) >= 11 is 6.20. The maximum atomic E-state index is 13.1. The van der Waals surface area contributed by atoms with Crippen molar-refractivity contribution in [1.82, 2.24) is 24.1 Å². The van der Waals surface area contributed by atoms with Gasteiger partial charge in [-0.1, -0.05) is 36.7 Å². The van der Waals surface area contributed by atoms with E-state index in [1.807, 2.05) is 49.4 Å². The lowest BCUT2D eigenvalue weighted by molar-refractivity contribution is 0.904. The zero-order valence-corrected chi connectivity index (χ0v) is 16.3. The number of hydrogen-bond acceptors (Lipinski definition) is 4. The van der Waals surface area contributed by atoms with E-state index in [1.165, 1.54) is 4.57 Å². The second-order valence-corrected chi connectivity index (χ2v) is 7.09. The van der Waals surface area contributed by atoms with Crippen LogP contribution in [0.4, 0.5) is 0 Å². The summed E-state index contributed by atoms with van der Waals surface area (Å²) < 4.78 is 3.26. The molecule has 29 heavy (non-hydrogen) atoms.